The van der Waals surface area contributed by atoms with Crippen LogP contribution >= 0.6 is 11.3 Å². The second kappa shape index (κ2) is 17.9. The maximum absolute atomic E-state index is 2.71. The number of rotatable bonds is 3. The summed E-state index contributed by atoms with van der Waals surface area (Å²) in [5.74, 6) is 0. The molecule has 0 radical (unpaired) electrons. The monoisotopic (exact) mass is 1150 g/mol. The number of nitrogens with zero attached hydrogens (tertiary/aromatic N) is 4. The van der Waals surface area contributed by atoms with Crippen molar-refractivity contribution in [3.63, 3.8) is 0 Å². The van der Waals surface area contributed by atoms with Crippen LogP contribution < -0.4 is 26.2 Å². The van der Waals surface area contributed by atoms with Gasteiger partial charge in [0.1, 0.15) is 0 Å². The van der Waals surface area contributed by atoms with Crippen molar-refractivity contribution in [2.24, 2.45) is 0 Å². The predicted octanol–water partition coefficient (Wildman–Crippen LogP) is 21.1. The Labute approximate surface area is 517 Å². The van der Waals surface area contributed by atoms with Crippen LogP contribution in [0.25, 0.3) is 86.3 Å². The van der Waals surface area contributed by atoms with Gasteiger partial charge in [-0.25, -0.2) is 0 Å². The molecule has 0 amide bonds. The minimum Gasteiger partial charge on any atom is -0.311 e. The van der Waals surface area contributed by atoms with Gasteiger partial charge in [0.2, 0.25) is 0 Å². The van der Waals surface area contributed by atoms with Crippen molar-refractivity contribution in [2.45, 2.75) is 138 Å². The molecule has 10 aromatic carbocycles. The smallest absolute Gasteiger partial charge is 0.252 e. The summed E-state index contributed by atoms with van der Waals surface area (Å²) >= 11 is 1.88. The maximum atomic E-state index is 2.71. The highest BCUT2D eigenvalue weighted by molar-refractivity contribution is 7.26. The molecule has 16 rings (SSSR count). The third-order valence-electron chi connectivity index (χ3n) is 19.8. The number of aryl methyl sites for hydroxylation is 1. The van der Waals surface area contributed by atoms with Crippen molar-refractivity contribution in [1.29, 1.82) is 0 Å². The fourth-order valence-electron chi connectivity index (χ4n) is 15.0. The van der Waals surface area contributed by atoms with Crippen molar-refractivity contribution in [3.8, 4) is 22.5 Å². The van der Waals surface area contributed by atoms with E-state index < -0.39 is 0 Å². The first-order chi connectivity index (χ1) is 41.2. The third-order valence-corrected chi connectivity index (χ3v) is 20.9. The van der Waals surface area contributed by atoms with E-state index in [9.17, 15) is 0 Å². The molecule has 0 atom stereocenters. The predicted molar refractivity (Wildman–Crippen MR) is 379 cm³/mol. The Morgan fingerprint density at radius 2 is 0.874 bits per heavy atom. The summed E-state index contributed by atoms with van der Waals surface area (Å²) in [5.41, 5.74) is 28.9. The van der Waals surface area contributed by atoms with E-state index in [0.717, 1.165) is 11.4 Å². The molecule has 87 heavy (non-hydrogen) atoms. The molecule has 0 bridgehead atoms. The first-order valence-electron chi connectivity index (χ1n) is 31.5. The number of anilines is 6. The SMILES string of the molecule is Cc1cc2c3c(c1)N1c4c(cc(C(C)(C)C)cc4-n4c5ccc(C(C)(C)C)cc5c5cc(C(C)(C)C)cc1c54)B3c1ccc(-n3c4ccc(C(C)(C)C)cc4c4cc(C(C)(C)C)ccc43)cc1N2c1ccc(-c2cccc3sc4ccccc4c23)cc1. The fraction of sp³-hybridized carbons (Fsp3) is 0.259. The van der Waals surface area contributed by atoms with E-state index in [1.165, 1.54) is 159 Å². The first-order valence-corrected chi connectivity index (χ1v) is 32.3. The van der Waals surface area contributed by atoms with Crippen molar-refractivity contribution in [3.05, 3.63) is 209 Å². The number of fused-ring (bicyclic) bond motifs is 15. The summed E-state index contributed by atoms with van der Waals surface area (Å²) in [6.07, 6.45) is 0. The number of thiophene rings is 1. The van der Waals surface area contributed by atoms with E-state index in [1.54, 1.807) is 0 Å². The second-order valence-corrected chi connectivity index (χ2v) is 31.9. The van der Waals surface area contributed by atoms with Crippen LogP contribution in [0.1, 0.15) is 137 Å². The Morgan fingerprint density at radius 3 is 1.48 bits per heavy atom. The van der Waals surface area contributed by atoms with Crippen LogP contribution in [0.3, 0.4) is 0 Å². The largest absolute Gasteiger partial charge is 0.311 e. The summed E-state index contributed by atoms with van der Waals surface area (Å²) in [7, 11) is 0. The molecule has 0 unspecified atom stereocenters. The van der Waals surface area contributed by atoms with Gasteiger partial charge in [0.15, 0.2) is 0 Å². The van der Waals surface area contributed by atoms with Crippen LogP contribution in [0, 0.1) is 6.92 Å². The molecule has 0 fully saturated rings. The maximum Gasteiger partial charge on any atom is 0.252 e. The van der Waals surface area contributed by atoms with Crippen LogP contribution in [-0.4, -0.2) is 15.8 Å². The quantitative estimate of drug-likeness (QED) is 0.164. The zero-order valence-corrected chi connectivity index (χ0v) is 54.3. The van der Waals surface area contributed by atoms with Gasteiger partial charge in [-0.2, -0.15) is 0 Å². The van der Waals surface area contributed by atoms with Crippen molar-refractivity contribution < 1.29 is 0 Å². The first kappa shape index (κ1) is 54.1. The lowest BCUT2D eigenvalue weighted by Gasteiger charge is -2.47. The number of hydrogen-bond donors (Lipinski definition) is 0. The Hall–Kier alpha value is -8.32. The molecule has 4 nitrogen and oxygen atoms in total. The Bertz CT molecular complexity index is 5070. The lowest BCUT2D eigenvalue weighted by atomic mass is 9.33. The molecule has 0 saturated heterocycles. The number of benzene rings is 10. The van der Waals surface area contributed by atoms with Gasteiger partial charge in [-0.1, -0.05) is 177 Å². The molecule has 3 aliphatic rings. The average molecular weight is 1150 g/mol. The lowest BCUT2D eigenvalue weighted by Crippen LogP contribution is -2.62. The van der Waals surface area contributed by atoms with Crippen LogP contribution in [0.5, 0.6) is 0 Å². The Morgan fingerprint density at radius 1 is 0.356 bits per heavy atom. The zero-order valence-electron chi connectivity index (χ0n) is 53.5. The molecule has 0 aliphatic carbocycles. The summed E-state index contributed by atoms with van der Waals surface area (Å²) < 4.78 is 7.85. The normalized spacial score (nSPS) is 14.1. The molecule has 3 aromatic heterocycles. The number of aromatic nitrogens is 2. The molecule has 3 aliphatic heterocycles. The van der Waals surface area contributed by atoms with Gasteiger partial charge in [-0.3, -0.25) is 0 Å². The van der Waals surface area contributed by atoms with Crippen molar-refractivity contribution >= 4 is 132 Å². The van der Waals surface area contributed by atoms with Gasteiger partial charge >= 0.3 is 0 Å². The van der Waals surface area contributed by atoms with Gasteiger partial charge in [0.05, 0.1) is 39.1 Å². The molecule has 6 heteroatoms. The van der Waals surface area contributed by atoms with Gasteiger partial charge in [-0.05, 0) is 198 Å². The van der Waals surface area contributed by atoms with E-state index in [0.29, 0.717) is 0 Å². The minimum absolute atomic E-state index is 0.00718. The highest BCUT2D eigenvalue weighted by Gasteiger charge is 2.47. The molecular weight excluding hydrogens is 1070 g/mol. The lowest BCUT2D eigenvalue weighted by molar-refractivity contribution is 0.590. The summed E-state index contributed by atoms with van der Waals surface area (Å²) in [6, 6.07) is 69.7. The Kier molecular flexibility index (Phi) is 11.1. The summed E-state index contributed by atoms with van der Waals surface area (Å²) in [4.78, 5) is 5.34. The van der Waals surface area contributed by atoms with Crippen molar-refractivity contribution in [1.82, 2.24) is 9.13 Å². The Balaban J connectivity index is 1.00. The standard InChI is InChI=1S/C81H77BN4S/c1-46-36-67-74-68(37-46)86-69-43-51(80(11,12)13)41-60-59-40-50(79(8,9)10)28-35-65(59)85(75(60)69)70-44-52(81(14,15)16)42-62(76(70)86)82(74)61-32-31-54(84-63-33-26-48(77(2,3)4)38-57(63)58-39-49(78(5,6)7)27-34-64(58)84)45-66(61)83(67)53-29-24-47(25-30-53)55-21-19-23-72-73(55)56-20-17-18-22-71(56)87-72/h17-45H,1-16H3. The highest BCUT2D eigenvalue weighted by atomic mass is 32.1. The van der Waals surface area contributed by atoms with E-state index in [-0.39, 0.29) is 33.8 Å². The second-order valence-electron chi connectivity index (χ2n) is 30.8. The fourth-order valence-corrected chi connectivity index (χ4v) is 16.1. The molecule has 0 spiro atoms. The minimum atomic E-state index is -0.143. The van der Waals surface area contributed by atoms with Crippen LogP contribution in [-0.2, 0) is 27.1 Å². The highest BCUT2D eigenvalue weighted by Crippen LogP contribution is 2.55. The molecule has 0 N–H and O–H groups in total. The molecular formula is C81H77BN4S. The van der Waals surface area contributed by atoms with Gasteiger partial charge < -0.3 is 18.9 Å². The van der Waals surface area contributed by atoms with Crippen LogP contribution in [0.15, 0.2) is 176 Å². The molecule has 6 heterocycles. The zero-order chi connectivity index (χ0) is 60.5. The van der Waals surface area contributed by atoms with Gasteiger partial charge in [-0.15, -0.1) is 11.3 Å². The van der Waals surface area contributed by atoms with Crippen LogP contribution in [0.2, 0.25) is 0 Å². The van der Waals surface area contributed by atoms with E-state index in [2.05, 4.69) is 306 Å². The molecule has 430 valence electrons. The third kappa shape index (κ3) is 7.94. The average Bonchev–Trinajstić information content (AvgIpc) is 1.68. The van der Waals surface area contributed by atoms with Crippen LogP contribution in [0.4, 0.5) is 34.1 Å². The number of hydrogen-bond acceptors (Lipinski definition) is 3. The topological polar surface area (TPSA) is 16.3 Å². The summed E-state index contributed by atoms with van der Waals surface area (Å²) in [5, 5.41) is 7.87. The van der Waals surface area contributed by atoms with Crippen molar-refractivity contribution in [2.75, 3.05) is 9.80 Å². The van der Waals surface area contributed by atoms with Gasteiger partial charge in [0, 0.05) is 70.2 Å². The molecule has 0 saturated carbocycles. The molecule has 13 aromatic rings. The van der Waals surface area contributed by atoms with E-state index >= 15 is 0 Å². The summed E-state index contributed by atoms with van der Waals surface area (Å²) in [6.45, 7) is 37.6. The van der Waals surface area contributed by atoms with E-state index in [1.807, 2.05) is 11.3 Å². The van der Waals surface area contributed by atoms with E-state index in [4.69, 9.17) is 0 Å². The van der Waals surface area contributed by atoms with Gasteiger partial charge in [0.25, 0.3) is 6.71 Å².